The minimum Gasteiger partial charge on any atom is -0.497 e. The molecule has 0 radical (unpaired) electrons. The lowest BCUT2D eigenvalue weighted by molar-refractivity contribution is 0.0381. The number of hydrogen-bond donors (Lipinski definition) is 2. The molecular weight excluding hydrogens is 518 g/mol. The standard InChI is InChI=1S/C28H29N5O5S/c1-38-19-7-8-21-22(15-19)31-26-24(17-34)33(27(35)23-16-29-11-12-30-23)18-28(25(21)26)9-13-32(14-10-28)39(36,37)20-5-3-2-4-6-20/h2-8,11-12,15-16,24,31,34H,9-10,13-14,17-18H2,1H3/t24-/m1/s1. The highest BCUT2D eigenvalue weighted by Crippen LogP contribution is 2.49. The number of carbonyl (C=O) groups excluding carboxylic acids is 1. The minimum atomic E-state index is -3.65. The number of sulfonamides is 1. The maximum atomic E-state index is 13.7. The lowest BCUT2D eigenvalue weighted by Crippen LogP contribution is -2.55. The van der Waals surface area contributed by atoms with E-state index in [1.807, 2.05) is 18.2 Å². The number of aliphatic hydroxyl groups excluding tert-OH is 1. The van der Waals surface area contributed by atoms with Crippen LogP contribution in [0.2, 0.25) is 0 Å². The summed E-state index contributed by atoms with van der Waals surface area (Å²) in [5, 5.41) is 11.5. The molecule has 202 valence electrons. The fraction of sp³-hybridized carbons (Fsp3) is 0.321. The van der Waals surface area contributed by atoms with Gasteiger partial charge < -0.3 is 19.7 Å². The summed E-state index contributed by atoms with van der Waals surface area (Å²) in [6.45, 7) is 0.638. The number of rotatable bonds is 5. The Morgan fingerprint density at radius 1 is 1.15 bits per heavy atom. The summed E-state index contributed by atoms with van der Waals surface area (Å²) in [6, 6.07) is 13.6. The summed E-state index contributed by atoms with van der Waals surface area (Å²) < 4.78 is 33.7. The number of hydrogen-bond acceptors (Lipinski definition) is 7. The number of nitrogens with zero attached hydrogens (tertiary/aromatic N) is 4. The van der Waals surface area contributed by atoms with Crippen molar-refractivity contribution in [3.63, 3.8) is 0 Å². The van der Waals surface area contributed by atoms with Crippen LogP contribution in [0.15, 0.2) is 72.0 Å². The molecule has 1 spiro atoms. The molecule has 0 aliphatic carbocycles. The summed E-state index contributed by atoms with van der Waals surface area (Å²) in [6.07, 6.45) is 5.41. The van der Waals surface area contributed by atoms with Gasteiger partial charge in [0.2, 0.25) is 10.0 Å². The quantitative estimate of drug-likeness (QED) is 0.393. The molecule has 11 heteroatoms. The zero-order valence-corrected chi connectivity index (χ0v) is 22.3. The third kappa shape index (κ3) is 4.17. The number of aliphatic hydroxyl groups is 1. The van der Waals surface area contributed by atoms with Gasteiger partial charge in [0.1, 0.15) is 11.4 Å². The van der Waals surface area contributed by atoms with Gasteiger partial charge in [-0.2, -0.15) is 4.31 Å². The normalized spacial score (nSPS) is 19.2. The Morgan fingerprint density at radius 2 is 1.92 bits per heavy atom. The van der Waals surface area contributed by atoms with Crippen molar-refractivity contribution in [1.82, 2.24) is 24.2 Å². The molecule has 0 unspecified atom stereocenters. The van der Waals surface area contributed by atoms with Crippen LogP contribution in [0.4, 0.5) is 0 Å². The second-order valence-corrected chi connectivity index (χ2v) is 12.0. The smallest absolute Gasteiger partial charge is 0.274 e. The largest absolute Gasteiger partial charge is 0.497 e. The van der Waals surface area contributed by atoms with Crippen LogP contribution in [0.1, 0.15) is 40.6 Å². The zero-order chi connectivity index (χ0) is 27.2. The maximum absolute atomic E-state index is 13.7. The van der Waals surface area contributed by atoms with E-state index in [1.165, 1.54) is 22.9 Å². The molecule has 1 atom stereocenters. The number of amides is 1. The number of carbonyl (C=O) groups is 1. The molecule has 0 saturated carbocycles. The molecule has 1 amide bonds. The first-order chi connectivity index (χ1) is 18.9. The van der Waals surface area contributed by atoms with Crippen molar-refractivity contribution in [2.75, 3.05) is 33.4 Å². The first-order valence-corrected chi connectivity index (χ1v) is 14.2. The second kappa shape index (κ2) is 9.74. The zero-order valence-electron chi connectivity index (χ0n) is 21.4. The Labute approximate surface area is 226 Å². The average molecular weight is 548 g/mol. The van der Waals surface area contributed by atoms with Crippen LogP contribution in [0, 0.1) is 0 Å². The van der Waals surface area contributed by atoms with E-state index < -0.39 is 21.5 Å². The number of piperidine rings is 1. The molecular formula is C28H29N5O5S. The first-order valence-electron chi connectivity index (χ1n) is 12.8. The van der Waals surface area contributed by atoms with Crippen LogP contribution in [0.3, 0.4) is 0 Å². The lowest BCUT2D eigenvalue weighted by Gasteiger charge is -2.49. The van der Waals surface area contributed by atoms with Crippen LogP contribution >= 0.6 is 0 Å². The van der Waals surface area contributed by atoms with Gasteiger partial charge in [0, 0.05) is 60.1 Å². The van der Waals surface area contributed by atoms with E-state index in [0.29, 0.717) is 38.2 Å². The summed E-state index contributed by atoms with van der Waals surface area (Å²) in [7, 11) is -2.05. The van der Waals surface area contributed by atoms with Gasteiger partial charge in [-0.25, -0.2) is 13.4 Å². The van der Waals surface area contributed by atoms with Gasteiger partial charge in [0.25, 0.3) is 5.91 Å². The number of nitrogens with one attached hydrogen (secondary N) is 1. The van der Waals surface area contributed by atoms with Crippen molar-refractivity contribution < 1.29 is 23.1 Å². The monoisotopic (exact) mass is 547 g/mol. The van der Waals surface area contributed by atoms with E-state index >= 15 is 0 Å². The van der Waals surface area contributed by atoms with E-state index in [4.69, 9.17) is 4.74 Å². The summed E-state index contributed by atoms with van der Waals surface area (Å²) in [4.78, 5) is 27.3. The third-order valence-corrected chi connectivity index (χ3v) is 9.94. The third-order valence-electron chi connectivity index (χ3n) is 8.02. The fourth-order valence-electron chi connectivity index (χ4n) is 6.08. The molecule has 1 fully saturated rings. The van der Waals surface area contributed by atoms with E-state index in [0.717, 1.165) is 22.2 Å². The number of fused-ring (bicyclic) bond motifs is 4. The van der Waals surface area contributed by atoms with E-state index in [2.05, 4.69) is 15.0 Å². The van der Waals surface area contributed by atoms with Gasteiger partial charge in [-0.05, 0) is 42.7 Å². The molecule has 2 aliphatic rings. The average Bonchev–Trinajstić information content (AvgIpc) is 3.37. The Hall–Kier alpha value is -3.80. The van der Waals surface area contributed by atoms with Crippen molar-refractivity contribution in [3.05, 3.63) is 84.1 Å². The van der Waals surface area contributed by atoms with E-state index in [1.54, 1.807) is 42.3 Å². The molecule has 2 aromatic heterocycles. The molecule has 4 heterocycles. The lowest BCUT2D eigenvalue weighted by atomic mass is 9.68. The van der Waals surface area contributed by atoms with Crippen molar-refractivity contribution in [2.24, 2.45) is 0 Å². The van der Waals surface area contributed by atoms with Crippen molar-refractivity contribution in [1.29, 1.82) is 0 Å². The van der Waals surface area contributed by atoms with Gasteiger partial charge in [-0.15, -0.1) is 0 Å². The highest BCUT2D eigenvalue weighted by molar-refractivity contribution is 7.89. The fourth-order valence-corrected chi connectivity index (χ4v) is 7.54. The van der Waals surface area contributed by atoms with Gasteiger partial charge >= 0.3 is 0 Å². The first kappa shape index (κ1) is 25.5. The minimum absolute atomic E-state index is 0.191. The predicted octanol–water partition coefficient (Wildman–Crippen LogP) is 2.88. The summed E-state index contributed by atoms with van der Waals surface area (Å²) >= 11 is 0. The predicted molar refractivity (Wildman–Crippen MR) is 144 cm³/mol. The molecule has 1 saturated heterocycles. The van der Waals surface area contributed by atoms with Crippen molar-refractivity contribution in [3.8, 4) is 5.75 Å². The highest BCUT2D eigenvalue weighted by Gasteiger charge is 2.50. The molecule has 10 nitrogen and oxygen atoms in total. The van der Waals surface area contributed by atoms with Gasteiger partial charge in [-0.3, -0.25) is 9.78 Å². The molecule has 6 rings (SSSR count). The van der Waals surface area contributed by atoms with Crippen LogP contribution in [0.25, 0.3) is 10.9 Å². The highest BCUT2D eigenvalue weighted by atomic mass is 32.2. The molecule has 0 bridgehead atoms. The topological polar surface area (TPSA) is 129 Å². The van der Waals surface area contributed by atoms with Crippen LogP contribution < -0.4 is 4.74 Å². The molecule has 2 aliphatic heterocycles. The number of methoxy groups -OCH3 is 1. The number of H-pyrrole nitrogens is 1. The van der Waals surface area contributed by atoms with Gasteiger partial charge in [-0.1, -0.05) is 18.2 Å². The van der Waals surface area contributed by atoms with Crippen LogP contribution in [0.5, 0.6) is 5.75 Å². The van der Waals surface area contributed by atoms with Gasteiger partial charge in [0.05, 0.1) is 30.9 Å². The number of benzene rings is 2. The Balaban J connectivity index is 1.44. The second-order valence-electron chi connectivity index (χ2n) is 10.0. The molecule has 4 aromatic rings. The maximum Gasteiger partial charge on any atom is 0.274 e. The van der Waals surface area contributed by atoms with E-state index in [9.17, 15) is 18.3 Å². The Morgan fingerprint density at radius 3 is 2.59 bits per heavy atom. The molecule has 39 heavy (non-hydrogen) atoms. The van der Waals surface area contributed by atoms with Crippen molar-refractivity contribution >= 4 is 26.8 Å². The number of aromatic amines is 1. The van der Waals surface area contributed by atoms with Crippen molar-refractivity contribution in [2.45, 2.75) is 29.2 Å². The van der Waals surface area contributed by atoms with Crippen LogP contribution in [-0.4, -0.2) is 76.9 Å². The summed E-state index contributed by atoms with van der Waals surface area (Å²) in [5.41, 5.74) is 2.28. The molecule has 2 aromatic carbocycles. The molecule has 2 N–H and O–H groups in total. The SMILES string of the molecule is COc1ccc2c3c([nH]c2c1)[C@@H](CO)N(C(=O)c1cnccn1)CC31CCN(S(=O)(=O)c2ccccc2)CC1. The Bertz CT molecular complexity index is 1620. The van der Waals surface area contributed by atoms with E-state index in [-0.39, 0.29) is 23.1 Å². The number of ether oxygens (including phenoxy) is 1. The number of aromatic nitrogens is 3. The van der Waals surface area contributed by atoms with Gasteiger partial charge in [0.15, 0.2) is 0 Å². The van der Waals surface area contributed by atoms with Crippen LogP contribution in [-0.2, 0) is 15.4 Å². The Kier molecular flexibility index (Phi) is 6.37. The summed E-state index contributed by atoms with van der Waals surface area (Å²) in [5.74, 6) is 0.356.